The highest BCUT2D eigenvalue weighted by atomic mass is 79.9. The highest BCUT2D eigenvalue weighted by Crippen LogP contribution is 2.41. The molecule has 3 rings (SSSR count). The second-order valence-electron chi connectivity index (χ2n) is 6.25. The molecule has 1 fully saturated rings. The van der Waals surface area contributed by atoms with Crippen LogP contribution in [0.5, 0.6) is 0 Å². The number of thioether (sulfide) groups is 1. The highest BCUT2D eigenvalue weighted by Gasteiger charge is 2.41. The smallest absolute Gasteiger partial charge is 0.264 e. The summed E-state index contributed by atoms with van der Waals surface area (Å²) in [4.78, 5) is 39.1. The Morgan fingerprint density at radius 3 is 2.43 bits per heavy atom. The van der Waals surface area contributed by atoms with E-state index in [1.165, 1.54) is 11.9 Å². The molecule has 3 amide bonds. The van der Waals surface area contributed by atoms with E-state index in [0.29, 0.717) is 11.4 Å². The molecule has 0 aromatic heterocycles. The van der Waals surface area contributed by atoms with Crippen molar-refractivity contribution in [3.63, 3.8) is 0 Å². The van der Waals surface area contributed by atoms with Gasteiger partial charge in [-0.05, 0) is 36.4 Å². The lowest BCUT2D eigenvalue weighted by Crippen LogP contribution is -2.32. The van der Waals surface area contributed by atoms with Crippen LogP contribution in [0.2, 0.25) is 0 Å². The summed E-state index contributed by atoms with van der Waals surface area (Å²) >= 11 is 4.38. The van der Waals surface area contributed by atoms with E-state index in [-0.39, 0.29) is 28.8 Å². The monoisotopic (exact) mass is 484 g/mol. The zero-order chi connectivity index (χ0) is 21.7. The highest BCUT2D eigenvalue weighted by molar-refractivity contribution is 9.10. The van der Waals surface area contributed by atoms with Gasteiger partial charge in [0.2, 0.25) is 11.8 Å². The Morgan fingerprint density at radius 2 is 1.83 bits per heavy atom. The number of nitrogens with one attached hydrogen (secondary N) is 2. The first-order chi connectivity index (χ1) is 14.4. The van der Waals surface area contributed by atoms with Gasteiger partial charge >= 0.3 is 0 Å². The number of likely N-dealkylation sites (N-methyl/N-ethyl adjacent to an activating group) is 1. The van der Waals surface area contributed by atoms with Crippen molar-refractivity contribution in [1.29, 1.82) is 5.26 Å². The quantitative estimate of drug-likeness (QED) is 0.499. The fourth-order valence-corrected chi connectivity index (χ4v) is 4.37. The summed E-state index contributed by atoms with van der Waals surface area (Å²) in [6.07, 6.45) is -0.0984. The van der Waals surface area contributed by atoms with Crippen molar-refractivity contribution in [2.24, 2.45) is 0 Å². The van der Waals surface area contributed by atoms with E-state index in [4.69, 9.17) is 0 Å². The largest absolute Gasteiger partial charge is 0.354 e. The normalized spacial score (nSPS) is 17.3. The molecule has 2 aromatic rings. The summed E-state index contributed by atoms with van der Waals surface area (Å²) in [6.45, 7) is 0. The van der Waals surface area contributed by atoms with Gasteiger partial charge in [-0.3, -0.25) is 19.3 Å². The molecule has 0 bridgehead atoms. The standard InChI is InChI=1S/C21H17BrN4O3S/c1-24-19(28)16(12-23)21-26(15-5-3-2-4-6-15)20(29)17(30-21)11-18(27)25-14-9-7-13(22)8-10-14/h2-10,17H,11H2,1H3,(H,24,28)(H,25,27)/b21-16+. The zero-order valence-electron chi connectivity index (χ0n) is 15.9. The van der Waals surface area contributed by atoms with Crippen LogP contribution < -0.4 is 15.5 Å². The summed E-state index contributed by atoms with van der Waals surface area (Å²) in [5.41, 5.74) is 0.963. The van der Waals surface area contributed by atoms with E-state index in [2.05, 4.69) is 26.6 Å². The summed E-state index contributed by atoms with van der Waals surface area (Å²) in [6, 6.07) is 17.7. The van der Waals surface area contributed by atoms with E-state index < -0.39 is 11.2 Å². The molecule has 2 N–H and O–H groups in total. The maximum Gasteiger partial charge on any atom is 0.264 e. The van der Waals surface area contributed by atoms with Crippen molar-refractivity contribution in [3.8, 4) is 6.07 Å². The van der Waals surface area contributed by atoms with E-state index >= 15 is 0 Å². The average molecular weight is 485 g/mol. The Balaban J connectivity index is 1.88. The summed E-state index contributed by atoms with van der Waals surface area (Å²) in [5, 5.41) is 14.2. The fraction of sp³-hybridized carbons (Fsp3) is 0.143. The number of rotatable bonds is 5. The molecule has 1 aliphatic heterocycles. The van der Waals surface area contributed by atoms with Crippen LogP contribution in [0.1, 0.15) is 6.42 Å². The minimum Gasteiger partial charge on any atom is -0.354 e. The number of nitriles is 1. The molecule has 1 heterocycles. The fourth-order valence-electron chi connectivity index (χ4n) is 2.84. The lowest BCUT2D eigenvalue weighted by atomic mass is 10.2. The molecule has 152 valence electrons. The minimum absolute atomic E-state index is 0.0984. The molecule has 1 atom stereocenters. The molecule has 2 aromatic carbocycles. The van der Waals surface area contributed by atoms with Crippen LogP contribution in [0.25, 0.3) is 0 Å². The van der Waals surface area contributed by atoms with Gasteiger partial charge in [0.25, 0.3) is 5.91 Å². The molecule has 0 aliphatic carbocycles. The second-order valence-corrected chi connectivity index (χ2v) is 8.35. The topological polar surface area (TPSA) is 102 Å². The molecular formula is C21H17BrN4O3S. The Kier molecular flexibility index (Phi) is 6.92. The molecule has 1 aliphatic rings. The third-order valence-corrected chi connectivity index (χ3v) is 6.04. The molecule has 9 heteroatoms. The lowest BCUT2D eigenvalue weighted by Gasteiger charge is -2.18. The molecule has 0 spiro atoms. The zero-order valence-corrected chi connectivity index (χ0v) is 18.3. The Morgan fingerprint density at radius 1 is 1.17 bits per heavy atom. The van der Waals surface area contributed by atoms with E-state index in [0.717, 1.165) is 16.2 Å². The summed E-state index contributed by atoms with van der Waals surface area (Å²) in [7, 11) is 1.41. The number of hydrogen-bond donors (Lipinski definition) is 2. The van der Waals surface area contributed by atoms with Crippen molar-refractivity contribution >= 4 is 56.8 Å². The molecule has 1 unspecified atom stereocenters. The lowest BCUT2D eigenvalue weighted by molar-refractivity contribution is -0.121. The second kappa shape index (κ2) is 9.61. The number of carbonyl (C=O) groups excluding carboxylic acids is 3. The predicted molar refractivity (Wildman–Crippen MR) is 119 cm³/mol. The van der Waals surface area contributed by atoms with Crippen LogP contribution in [0.4, 0.5) is 11.4 Å². The minimum atomic E-state index is -0.760. The number of halogens is 1. The van der Waals surface area contributed by atoms with E-state index in [9.17, 15) is 19.6 Å². The molecule has 0 radical (unpaired) electrons. The first kappa shape index (κ1) is 21.6. The van der Waals surface area contributed by atoms with Crippen LogP contribution in [0.3, 0.4) is 0 Å². The van der Waals surface area contributed by atoms with Gasteiger partial charge in [-0.15, -0.1) is 0 Å². The number of benzene rings is 2. The molecule has 0 saturated carbocycles. The Labute approximate surface area is 186 Å². The summed E-state index contributed by atoms with van der Waals surface area (Å²) < 4.78 is 0.883. The Hall–Kier alpha value is -3.09. The first-order valence-corrected chi connectivity index (χ1v) is 10.6. The van der Waals surface area contributed by atoms with Crippen LogP contribution >= 0.6 is 27.7 Å². The number of para-hydroxylation sites is 1. The molecule has 7 nitrogen and oxygen atoms in total. The van der Waals surface area contributed by atoms with E-state index in [1.54, 1.807) is 54.6 Å². The third-order valence-electron chi connectivity index (χ3n) is 4.25. The van der Waals surface area contributed by atoms with E-state index in [1.807, 2.05) is 6.07 Å². The number of carbonyl (C=O) groups is 3. The van der Waals surface area contributed by atoms with Crippen LogP contribution in [0.15, 0.2) is 69.7 Å². The third kappa shape index (κ3) is 4.72. The van der Waals surface area contributed by atoms with Gasteiger partial charge in [0, 0.05) is 29.3 Å². The summed E-state index contributed by atoms with van der Waals surface area (Å²) in [5.74, 6) is -1.28. The number of amides is 3. The maximum atomic E-state index is 13.1. The molecular weight excluding hydrogens is 468 g/mol. The number of anilines is 2. The van der Waals surface area contributed by atoms with Gasteiger partial charge in [-0.2, -0.15) is 5.26 Å². The van der Waals surface area contributed by atoms with Crippen molar-refractivity contribution < 1.29 is 14.4 Å². The molecule has 1 saturated heterocycles. The van der Waals surface area contributed by atoms with Crippen molar-refractivity contribution in [2.75, 3.05) is 17.3 Å². The van der Waals surface area contributed by atoms with Gasteiger partial charge in [0.15, 0.2) is 0 Å². The number of hydrogen-bond acceptors (Lipinski definition) is 5. The van der Waals surface area contributed by atoms with Crippen molar-refractivity contribution in [3.05, 3.63) is 69.7 Å². The predicted octanol–water partition coefficient (Wildman–Crippen LogP) is 3.41. The van der Waals surface area contributed by atoms with Gasteiger partial charge < -0.3 is 10.6 Å². The van der Waals surface area contributed by atoms with Crippen molar-refractivity contribution in [1.82, 2.24) is 5.32 Å². The molecule has 30 heavy (non-hydrogen) atoms. The van der Waals surface area contributed by atoms with Gasteiger partial charge in [-0.25, -0.2) is 0 Å². The van der Waals surface area contributed by atoms with Gasteiger partial charge in [0.1, 0.15) is 16.7 Å². The Bertz CT molecular complexity index is 1050. The first-order valence-electron chi connectivity index (χ1n) is 8.92. The SMILES string of the molecule is CNC(=O)/C(C#N)=C1/SC(CC(=O)Nc2ccc(Br)cc2)C(=O)N1c1ccccc1. The van der Waals surface area contributed by atoms with Crippen LogP contribution in [-0.2, 0) is 14.4 Å². The van der Waals surface area contributed by atoms with Crippen molar-refractivity contribution in [2.45, 2.75) is 11.7 Å². The maximum absolute atomic E-state index is 13.1. The van der Waals surface area contributed by atoms with Gasteiger partial charge in [0.05, 0.1) is 5.25 Å². The number of nitrogens with zero attached hydrogens (tertiary/aromatic N) is 2. The van der Waals surface area contributed by atoms with Crippen LogP contribution in [-0.4, -0.2) is 30.0 Å². The van der Waals surface area contributed by atoms with Gasteiger partial charge in [-0.1, -0.05) is 45.9 Å². The average Bonchev–Trinajstić information content (AvgIpc) is 3.06. The van der Waals surface area contributed by atoms with Crippen LogP contribution in [0, 0.1) is 11.3 Å².